The summed E-state index contributed by atoms with van der Waals surface area (Å²) in [6.45, 7) is 0.215. The zero-order valence-corrected chi connectivity index (χ0v) is 14.9. The number of carbonyl (C=O) groups is 1. The van der Waals surface area contributed by atoms with Gasteiger partial charge in [0, 0.05) is 31.0 Å². The van der Waals surface area contributed by atoms with Crippen molar-refractivity contribution < 1.29 is 9.90 Å². The Labute approximate surface area is 155 Å². The number of carboxylic acids is 1. The number of benzene rings is 1. The molecule has 0 saturated heterocycles. The minimum Gasteiger partial charge on any atom is -0.481 e. The van der Waals surface area contributed by atoms with Gasteiger partial charge in [0.25, 0.3) is 0 Å². The maximum Gasteiger partial charge on any atom is 0.308 e. The van der Waals surface area contributed by atoms with E-state index in [1.807, 2.05) is 25.2 Å². The molecule has 134 valence electrons. The molecule has 7 nitrogen and oxygen atoms in total. The van der Waals surface area contributed by atoms with Gasteiger partial charge in [0.05, 0.1) is 17.3 Å². The zero-order chi connectivity index (χ0) is 18.5. The normalized spacial score (nSPS) is 11.9. The van der Waals surface area contributed by atoms with E-state index < -0.39 is 11.9 Å². The van der Waals surface area contributed by atoms with Gasteiger partial charge in [-0.1, -0.05) is 23.7 Å². The number of hydrogen-bond donors (Lipinski definition) is 2. The first kappa shape index (κ1) is 17.9. The van der Waals surface area contributed by atoms with Crippen molar-refractivity contribution in [2.75, 3.05) is 11.9 Å². The highest BCUT2D eigenvalue weighted by molar-refractivity contribution is 6.30. The Kier molecular flexibility index (Phi) is 5.48. The highest BCUT2D eigenvalue weighted by Crippen LogP contribution is 2.17. The van der Waals surface area contributed by atoms with Gasteiger partial charge in [-0.25, -0.2) is 9.97 Å². The second-order valence-electron chi connectivity index (χ2n) is 5.85. The van der Waals surface area contributed by atoms with E-state index in [1.165, 1.54) is 0 Å². The summed E-state index contributed by atoms with van der Waals surface area (Å²) < 4.78 is 1.71. The van der Waals surface area contributed by atoms with Crippen LogP contribution in [0.15, 0.2) is 48.8 Å². The van der Waals surface area contributed by atoms with E-state index in [2.05, 4.69) is 20.4 Å². The van der Waals surface area contributed by atoms with Gasteiger partial charge in [-0.05, 0) is 36.2 Å². The van der Waals surface area contributed by atoms with Crippen molar-refractivity contribution in [3.05, 3.63) is 59.4 Å². The number of halogens is 1. The Morgan fingerprint density at radius 3 is 2.65 bits per heavy atom. The molecular weight excluding hydrogens is 354 g/mol. The molecule has 0 spiro atoms. The van der Waals surface area contributed by atoms with Crippen molar-refractivity contribution in [3.8, 4) is 11.4 Å². The number of aliphatic carboxylic acids is 1. The van der Waals surface area contributed by atoms with Crippen LogP contribution in [0.5, 0.6) is 0 Å². The van der Waals surface area contributed by atoms with Crippen molar-refractivity contribution in [1.29, 1.82) is 0 Å². The lowest BCUT2D eigenvalue weighted by atomic mass is 9.99. The number of aryl methyl sites for hydroxylation is 1. The molecule has 8 heteroatoms. The summed E-state index contributed by atoms with van der Waals surface area (Å²) in [4.78, 5) is 20.2. The van der Waals surface area contributed by atoms with Gasteiger partial charge in [-0.2, -0.15) is 5.10 Å². The standard InChI is InChI=1S/C18H18ClN5O2/c1-24-16(7-9-22-24)15-6-8-20-18(23-15)21-11-13(17(25)26)10-12-2-4-14(19)5-3-12/h2-9,13H,10-11H2,1H3,(H,25,26)(H,20,21,23). The average Bonchev–Trinajstić information content (AvgIpc) is 3.06. The Bertz CT molecular complexity index is 895. The molecule has 2 heterocycles. The van der Waals surface area contributed by atoms with Crippen LogP contribution in [0.25, 0.3) is 11.4 Å². The van der Waals surface area contributed by atoms with Crippen molar-refractivity contribution in [1.82, 2.24) is 19.7 Å². The third-order valence-electron chi connectivity index (χ3n) is 3.99. The number of anilines is 1. The molecule has 1 atom stereocenters. The molecule has 0 aliphatic heterocycles. The summed E-state index contributed by atoms with van der Waals surface area (Å²) >= 11 is 5.87. The SMILES string of the molecule is Cn1nccc1-c1ccnc(NCC(Cc2ccc(Cl)cc2)C(=O)O)n1. The maximum atomic E-state index is 11.6. The highest BCUT2D eigenvalue weighted by atomic mass is 35.5. The summed E-state index contributed by atoms with van der Waals surface area (Å²) in [7, 11) is 1.83. The van der Waals surface area contributed by atoms with Gasteiger partial charge in [0.1, 0.15) is 0 Å². The molecule has 1 unspecified atom stereocenters. The molecule has 0 saturated carbocycles. The van der Waals surface area contributed by atoms with E-state index in [1.54, 1.807) is 35.3 Å². The quantitative estimate of drug-likeness (QED) is 0.663. The van der Waals surface area contributed by atoms with Crippen molar-refractivity contribution >= 4 is 23.5 Å². The molecule has 0 aliphatic carbocycles. The third-order valence-corrected chi connectivity index (χ3v) is 4.24. The smallest absolute Gasteiger partial charge is 0.308 e. The Morgan fingerprint density at radius 1 is 1.23 bits per heavy atom. The van der Waals surface area contributed by atoms with Crippen LogP contribution in [-0.4, -0.2) is 37.4 Å². The Hall–Kier alpha value is -2.93. The lowest BCUT2D eigenvalue weighted by Crippen LogP contribution is -2.25. The molecule has 0 aliphatic rings. The van der Waals surface area contributed by atoms with Crippen LogP contribution >= 0.6 is 11.6 Å². The van der Waals surface area contributed by atoms with E-state index in [0.717, 1.165) is 11.3 Å². The number of nitrogens with one attached hydrogen (secondary N) is 1. The summed E-state index contributed by atoms with van der Waals surface area (Å²) in [5.41, 5.74) is 2.48. The van der Waals surface area contributed by atoms with Crippen LogP contribution in [0.1, 0.15) is 5.56 Å². The molecule has 26 heavy (non-hydrogen) atoms. The van der Waals surface area contributed by atoms with Gasteiger partial charge in [-0.3, -0.25) is 9.48 Å². The monoisotopic (exact) mass is 371 g/mol. The van der Waals surface area contributed by atoms with Crippen LogP contribution in [-0.2, 0) is 18.3 Å². The predicted octanol–water partition coefficient (Wildman–Crippen LogP) is 2.89. The minimum absolute atomic E-state index is 0.215. The van der Waals surface area contributed by atoms with Gasteiger partial charge in [0.2, 0.25) is 5.95 Å². The van der Waals surface area contributed by atoms with Gasteiger partial charge in [0.15, 0.2) is 0 Å². The number of aromatic nitrogens is 4. The van der Waals surface area contributed by atoms with E-state index in [9.17, 15) is 9.90 Å². The lowest BCUT2D eigenvalue weighted by Gasteiger charge is -2.14. The molecule has 0 bridgehead atoms. The van der Waals surface area contributed by atoms with E-state index in [4.69, 9.17) is 11.6 Å². The fraction of sp³-hybridized carbons (Fsp3) is 0.222. The second-order valence-corrected chi connectivity index (χ2v) is 6.29. The molecular formula is C18H18ClN5O2. The van der Waals surface area contributed by atoms with Gasteiger partial charge in [-0.15, -0.1) is 0 Å². The average molecular weight is 372 g/mol. The van der Waals surface area contributed by atoms with Crippen LogP contribution in [0.3, 0.4) is 0 Å². The first-order chi connectivity index (χ1) is 12.5. The van der Waals surface area contributed by atoms with Crippen LogP contribution in [0.2, 0.25) is 5.02 Å². The summed E-state index contributed by atoms with van der Waals surface area (Å²) in [6.07, 6.45) is 3.71. The van der Waals surface area contributed by atoms with Crippen LogP contribution in [0, 0.1) is 5.92 Å². The highest BCUT2D eigenvalue weighted by Gasteiger charge is 2.18. The zero-order valence-electron chi connectivity index (χ0n) is 14.1. The maximum absolute atomic E-state index is 11.6. The predicted molar refractivity (Wildman–Crippen MR) is 99.0 cm³/mol. The third kappa shape index (κ3) is 4.37. The van der Waals surface area contributed by atoms with Crippen molar-refractivity contribution in [2.24, 2.45) is 13.0 Å². The summed E-state index contributed by atoms with van der Waals surface area (Å²) in [6, 6.07) is 10.8. The summed E-state index contributed by atoms with van der Waals surface area (Å²) in [5, 5.41) is 17.3. The Morgan fingerprint density at radius 2 is 2.00 bits per heavy atom. The van der Waals surface area contributed by atoms with Crippen molar-refractivity contribution in [3.63, 3.8) is 0 Å². The largest absolute Gasteiger partial charge is 0.481 e. The van der Waals surface area contributed by atoms with Crippen LogP contribution in [0.4, 0.5) is 5.95 Å². The number of hydrogen-bond acceptors (Lipinski definition) is 5. The first-order valence-electron chi connectivity index (χ1n) is 8.05. The van der Waals surface area contributed by atoms with E-state index in [-0.39, 0.29) is 6.54 Å². The fourth-order valence-electron chi connectivity index (χ4n) is 2.58. The Balaban J connectivity index is 1.68. The molecule has 2 N–H and O–H groups in total. The molecule has 0 fully saturated rings. The van der Waals surface area contributed by atoms with E-state index >= 15 is 0 Å². The molecule has 3 aromatic rings. The molecule has 0 amide bonds. The molecule has 0 radical (unpaired) electrons. The molecule has 2 aromatic heterocycles. The van der Waals surface area contributed by atoms with E-state index in [0.29, 0.717) is 23.1 Å². The van der Waals surface area contributed by atoms with Gasteiger partial charge < -0.3 is 10.4 Å². The number of nitrogens with zero attached hydrogens (tertiary/aromatic N) is 4. The topological polar surface area (TPSA) is 92.9 Å². The summed E-state index contributed by atoms with van der Waals surface area (Å²) in [5.74, 6) is -1.11. The van der Waals surface area contributed by atoms with Gasteiger partial charge >= 0.3 is 5.97 Å². The minimum atomic E-state index is -0.879. The van der Waals surface area contributed by atoms with Crippen molar-refractivity contribution in [2.45, 2.75) is 6.42 Å². The molecule has 1 aromatic carbocycles. The number of carboxylic acid groups (broad SMARTS) is 1. The van der Waals surface area contributed by atoms with Crippen LogP contribution < -0.4 is 5.32 Å². The number of rotatable bonds is 7. The molecule has 3 rings (SSSR count). The fourth-order valence-corrected chi connectivity index (χ4v) is 2.70. The lowest BCUT2D eigenvalue weighted by molar-refractivity contribution is -0.141. The second kappa shape index (κ2) is 7.97. The first-order valence-corrected chi connectivity index (χ1v) is 8.43.